The topological polar surface area (TPSA) is 78.7 Å². The molecule has 1 aliphatic rings. The highest BCUT2D eigenvalue weighted by Crippen LogP contribution is 2.10. The zero-order valence-electron chi connectivity index (χ0n) is 14.7. The minimum absolute atomic E-state index is 0. The average Bonchev–Trinajstić information content (AvgIpc) is 2.53. The van der Waals surface area contributed by atoms with Crippen LogP contribution in [0.1, 0.15) is 29.3 Å². The van der Waals surface area contributed by atoms with Gasteiger partial charge in [0.1, 0.15) is 0 Å². The largest absolute Gasteiger partial charge is 0.352 e. The predicted molar refractivity (Wildman–Crippen MR) is 104 cm³/mol. The molecule has 0 aliphatic carbocycles. The molecule has 2 amide bonds. The third-order valence-electron chi connectivity index (χ3n) is 3.99. The van der Waals surface area contributed by atoms with Crippen LogP contribution >= 0.6 is 24.8 Å². The van der Waals surface area contributed by atoms with Crippen LogP contribution in [0.2, 0.25) is 0 Å². The second kappa shape index (κ2) is 11.3. The summed E-state index contributed by atoms with van der Waals surface area (Å²) in [5.41, 5.74) is 7.25. The molecule has 8 heteroatoms. The molecule has 1 unspecified atom stereocenters. The van der Waals surface area contributed by atoms with Crippen LogP contribution in [0.15, 0.2) is 24.3 Å². The SMILES string of the molecule is CC(N)CC(=O)NCc1ccc(C(=O)N2CCN(C)CC2)cc1.Cl.Cl. The number of amides is 2. The van der Waals surface area contributed by atoms with Crippen LogP contribution in [-0.2, 0) is 11.3 Å². The van der Waals surface area contributed by atoms with Crippen LogP contribution in [0, 0.1) is 0 Å². The number of nitrogens with one attached hydrogen (secondary N) is 1. The Morgan fingerprint density at radius 2 is 1.68 bits per heavy atom. The first-order chi connectivity index (χ1) is 11.0. The van der Waals surface area contributed by atoms with Gasteiger partial charge in [-0.3, -0.25) is 9.59 Å². The first-order valence-electron chi connectivity index (χ1n) is 8.04. The maximum absolute atomic E-state index is 12.4. The number of nitrogens with zero attached hydrogens (tertiary/aromatic N) is 2. The zero-order chi connectivity index (χ0) is 16.8. The van der Waals surface area contributed by atoms with Gasteiger partial charge in [-0.15, -0.1) is 24.8 Å². The molecule has 1 fully saturated rings. The van der Waals surface area contributed by atoms with E-state index in [1.54, 1.807) is 6.92 Å². The second-order valence-electron chi connectivity index (χ2n) is 6.25. The monoisotopic (exact) mass is 390 g/mol. The highest BCUT2D eigenvalue weighted by molar-refractivity contribution is 5.94. The molecule has 0 saturated carbocycles. The van der Waals surface area contributed by atoms with Gasteiger partial charge in [0.25, 0.3) is 5.91 Å². The molecule has 6 nitrogen and oxygen atoms in total. The lowest BCUT2D eigenvalue weighted by atomic mass is 10.1. The Morgan fingerprint density at radius 3 is 2.20 bits per heavy atom. The Morgan fingerprint density at radius 1 is 1.12 bits per heavy atom. The molecule has 1 aromatic carbocycles. The molecular formula is C17H28Cl2N4O2. The molecule has 0 radical (unpaired) electrons. The maximum Gasteiger partial charge on any atom is 0.253 e. The summed E-state index contributed by atoms with van der Waals surface area (Å²) in [7, 11) is 2.07. The molecule has 0 bridgehead atoms. The van der Waals surface area contributed by atoms with E-state index in [0.29, 0.717) is 18.5 Å². The Balaban J connectivity index is 0.00000288. The number of carbonyl (C=O) groups excluding carboxylic acids is 2. The summed E-state index contributed by atoms with van der Waals surface area (Å²) in [5, 5.41) is 2.83. The van der Waals surface area contributed by atoms with Crippen LogP contribution in [0.5, 0.6) is 0 Å². The van der Waals surface area contributed by atoms with Crippen molar-refractivity contribution in [2.75, 3.05) is 33.2 Å². The van der Waals surface area contributed by atoms with Gasteiger partial charge in [-0.25, -0.2) is 0 Å². The molecule has 1 saturated heterocycles. The maximum atomic E-state index is 12.4. The quantitative estimate of drug-likeness (QED) is 0.793. The van der Waals surface area contributed by atoms with Crippen molar-refractivity contribution in [2.45, 2.75) is 25.9 Å². The van der Waals surface area contributed by atoms with Crippen molar-refractivity contribution >= 4 is 36.6 Å². The highest BCUT2D eigenvalue weighted by atomic mass is 35.5. The molecule has 0 aromatic heterocycles. The van der Waals surface area contributed by atoms with Gasteiger partial charge in [0, 0.05) is 50.7 Å². The van der Waals surface area contributed by atoms with E-state index in [1.165, 1.54) is 0 Å². The van der Waals surface area contributed by atoms with Crippen molar-refractivity contribution in [3.8, 4) is 0 Å². The fourth-order valence-electron chi connectivity index (χ4n) is 2.52. The van der Waals surface area contributed by atoms with Gasteiger partial charge in [-0.05, 0) is 31.7 Å². The molecule has 2 rings (SSSR count). The molecular weight excluding hydrogens is 363 g/mol. The molecule has 3 N–H and O–H groups in total. The van der Waals surface area contributed by atoms with Crippen LogP contribution in [-0.4, -0.2) is 60.9 Å². The minimum atomic E-state index is -0.140. The number of benzene rings is 1. The second-order valence-corrected chi connectivity index (χ2v) is 6.25. The Bertz CT molecular complexity index is 544. The summed E-state index contributed by atoms with van der Waals surface area (Å²) in [6.45, 7) is 5.62. The van der Waals surface area contributed by atoms with Crippen LogP contribution in [0.3, 0.4) is 0 Å². The minimum Gasteiger partial charge on any atom is -0.352 e. The smallest absolute Gasteiger partial charge is 0.253 e. The molecule has 1 atom stereocenters. The first kappa shape index (κ1) is 23.7. The van der Waals surface area contributed by atoms with E-state index in [4.69, 9.17) is 5.73 Å². The zero-order valence-corrected chi connectivity index (χ0v) is 16.4. The van der Waals surface area contributed by atoms with E-state index in [2.05, 4.69) is 17.3 Å². The normalized spacial score (nSPS) is 15.6. The number of halogens is 2. The Kier molecular flexibility index (Phi) is 10.7. The van der Waals surface area contributed by atoms with Gasteiger partial charge in [0.15, 0.2) is 0 Å². The van der Waals surface area contributed by atoms with Crippen molar-refractivity contribution in [1.82, 2.24) is 15.1 Å². The van der Waals surface area contributed by atoms with Crippen molar-refractivity contribution < 1.29 is 9.59 Å². The third-order valence-corrected chi connectivity index (χ3v) is 3.99. The lowest BCUT2D eigenvalue weighted by Gasteiger charge is -2.32. The van der Waals surface area contributed by atoms with Gasteiger partial charge >= 0.3 is 0 Å². The molecule has 1 aromatic rings. The first-order valence-corrected chi connectivity index (χ1v) is 8.04. The standard InChI is InChI=1S/C17H26N4O2.2ClH/c1-13(18)11-16(22)19-12-14-3-5-15(6-4-14)17(23)21-9-7-20(2)8-10-21;;/h3-6,13H,7-12,18H2,1-2H3,(H,19,22);2*1H. The Hall–Kier alpha value is -1.34. The highest BCUT2D eigenvalue weighted by Gasteiger charge is 2.20. The van der Waals surface area contributed by atoms with Gasteiger partial charge in [0.2, 0.25) is 5.91 Å². The summed E-state index contributed by atoms with van der Waals surface area (Å²) in [5.74, 6) is 0.0169. The molecule has 25 heavy (non-hydrogen) atoms. The molecule has 142 valence electrons. The summed E-state index contributed by atoms with van der Waals surface area (Å²) >= 11 is 0. The van der Waals surface area contributed by atoms with Gasteiger partial charge in [-0.2, -0.15) is 0 Å². The number of carbonyl (C=O) groups is 2. The lowest BCUT2D eigenvalue weighted by Crippen LogP contribution is -2.47. The number of hydrogen-bond donors (Lipinski definition) is 2. The van der Waals surface area contributed by atoms with Crippen LogP contribution < -0.4 is 11.1 Å². The molecule has 1 heterocycles. The van der Waals surface area contributed by atoms with Gasteiger partial charge in [-0.1, -0.05) is 12.1 Å². The predicted octanol–water partition coefficient (Wildman–Crippen LogP) is 1.27. The summed E-state index contributed by atoms with van der Waals surface area (Å²) in [6, 6.07) is 7.28. The van der Waals surface area contributed by atoms with Crippen molar-refractivity contribution in [3.63, 3.8) is 0 Å². The molecule has 1 aliphatic heterocycles. The van der Waals surface area contributed by atoms with E-state index in [0.717, 1.165) is 31.7 Å². The van der Waals surface area contributed by atoms with E-state index in [9.17, 15) is 9.59 Å². The number of hydrogen-bond acceptors (Lipinski definition) is 4. The number of likely N-dealkylation sites (N-methyl/N-ethyl adjacent to an activating group) is 1. The average molecular weight is 391 g/mol. The lowest BCUT2D eigenvalue weighted by molar-refractivity contribution is -0.121. The third kappa shape index (κ3) is 7.61. The summed E-state index contributed by atoms with van der Waals surface area (Å²) in [6.07, 6.45) is 0.319. The van der Waals surface area contributed by atoms with Gasteiger partial charge in [0.05, 0.1) is 0 Å². The number of piperazine rings is 1. The van der Waals surface area contributed by atoms with Gasteiger partial charge < -0.3 is 20.9 Å². The summed E-state index contributed by atoms with van der Waals surface area (Å²) in [4.78, 5) is 28.1. The van der Waals surface area contributed by atoms with Crippen molar-refractivity contribution in [3.05, 3.63) is 35.4 Å². The Labute approximate surface area is 161 Å². The van der Waals surface area contributed by atoms with E-state index >= 15 is 0 Å². The van der Waals surface area contributed by atoms with Crippen LogP contribution in [0.4, 0.5) is 0 Å². The van der Waals surface area contributed by atoms with Crippen molar-refractivity contribution in [2.24, 2.45) is 5.73 Å². The van der Waals surface area contributed by atoms with Crippen molar-refractivity contribution in [1.29, 1.82) is 0 Å². The molecule has 0 spiro atoms. The van der Waals surface area contributed by atoms with E-state index in [1.807, 2.05) is 29.2 Å². The number of rotatable bonds is 5. The summed E-state index contributed by atoms with van der Waals surface area (Å²) < 4.78 is 0. The van der Waals surface area contributed by atoms with E-state index < -0.39 is 0 Å². The fourth-order valence-corrected chi connectivity index (χ4v) is 2.52. The number of nitrogens with two attached hydrogens (primary N) is 1. The van der Waals surface area contributed by atoms with E-state index in [-0.39, 0.29) is 42.7 Å². The fraction of sp³-hybridized carbons (Fsp3) is 0.529. The van der Waals surface area contributed by atoms with Crippen LogP contribution in [0.25, 0.3) is 0 Å².